The number of pyridine rings is 2. The number of carbonyl (C=O) groups excluding carboxylic acids is 2. The largest absolute Gasteiger partial charge is 0.505 e. The molecular formula is C25H26N4O3. The molecule has 1 fully saturated rings. The maximum Gasteiger partial charge on any atom is 0.276 e. The molecule has 1 aliphatic rings. The van der Waals surface area contributed by atoms with Crippen molar-refractivity contribution < 1.29 is 14.7 Å². The van der Waals surface area contributed by atoms with Crippen LogP contribution in [0.15, 0.2) is 67.1 Å². The van der Waals surface area contributed by atoms with E-state index in [9.17, 15) is 14.7 Å². The molecule has 0 radical (unpaired) electrons. The van der Waals surface area contributed by atoms with Crippen molar-refractivity contribution in [3.05, 3.63) is 78.4 Å². The fourth-order valence-corrected chi connectivity index (χ4v) is 4.17. The third-order valence-corrected chi connectivity index (χ3v) is 5.86. The summed E-state index contributed by atoms with van der Waals surface area (Å²) >= 11 is 0. The molecule has 0 aliphatic carbocycles. The third kappa shape index (κ3) is 4.46. The van der Waals surface area contributed by atoms with E-state index in [1.54, 1.807) is 22.1 Å². The van der Waals surface area contributed by atoms with Crippen LogP contribution in [0.2, 0.25) is 0 Å². The third-order valence-electron chi connectivity index (χ3n) is 5.86. The maximum absolute atomic E-state index is 13.3. The van der Waals surface area contributed by atoms with Gasteiger partial charge in [0.2, 0.25) is 5.91 Å². The van der Waals surface area contributed by atoms with Crippen molar-refractivity contribution in [3.8, 4) is 16.9 Å². The molecule has 2 aromatic heterocycles. The molecule has 1 N–H and O–H groups in total. The fraction of sp³-hybridized carbons (Fsp3) is 0.280. The minimum Gasteiger partial charge on any atom is -0.505 e. The zero-order valence-corrected chi connectivity index (χ0v) is 18.0. The number of aromatic hydroxyl groups is 1. The van der Waals surface area contributed by atoms with Gasteiger partial charge in [-0.3, -0.25) is 14.6 Å². The summed E-state index contributed by atoms with van der Waals surface area (Å²) in [6.07, 6.45) is 5.52. The van der Waals surface area contributed by atoms with Crippen molar-refractivity contribution in [2.75, 3.05) is 26.2 Å². The first-order chi connectivity index (χ1) is 15.6. The second-order valence-corrected chi connectivity index (χ2v) is 7.84. The highest BCUT2D eigenvalue weighted by Crippen LogP contribution is 2.27. The number of aromatic nitrogens is 2. The molecule has 3 heterocycles. The lowest BCUT2D eigenvalue weighted by molar-refractivity contribution is -0.134. The number of rotatable bonds is 5. The van der Waals surface area contributed by atoms with Gasteiger partial charge in [-0.15, -0.1) is 0 Å². The van der Waals surface area contributed by atoms with Gasteiger partial charge in [0.15, 0.2) is 5.69 Å². The molecular weight excluding hydrogens is 404 g/mol. The van der Waals surface area contributed by atoms with Gasteiger partial charge < -0.3 is 14.9 Å². The summed E-state index contributed by atoms with van der Waals surface area (Å²) < 4.78 is 0. The van der Waals surface area contributed by atoms with Crippen molar-refractivity contribution in [2.24, 2.45) is 5.92 Å². The summed E-state index contributed by atoms with van der Waals surface area (Å²) in [5.41, 5.74) is 3.06. The first-order valence-electron chi connectivity index (χ1n) is 10.8. The number of hydrogen-bond donors (Lipinski definition) is 1. The molecule has 1 unspecified atom stereocenters. The standard InChI is InChI=1S/C25H26N4O3/c1-2-28-13-14-29(25(32)23-22(30)10-6-12-27-23)17-20(24(28)31)15-18-7-3-4-9-21(18)19-8-5-11-26-16-19/h3-12,16,20,30H,2,13-15,17H2,1H3. The average molecular weight is 431 g/mol. The quantitative estimate of drug-likeness (QED) is 0.672. The lowest BCUT2D eigenvalue weighted by atomic mass is 9.91. The monoisotopic (exact) mass is 430 g/mol. The van der Waals surface area contributed by atoms with Gasteiger partial charge in [0, 0.05) is 50.3 Å². The summed E-state index contributed by atoms with van der Waals surface area (Å²) in [5, 5.41) is 10.1. The molecule has 32 heavy (non-hydrogen) atoms. The van der Waals surface area contributed by atoms with E-state index in [0.29, 0.717) is 26.1 Å². The Labute approximate surface area is 187 Å². The number of hydrogen-bond acceptors (Lipinski definition) is 5. The first kappa shape index (κ1) is 21.5. The summed E-state index contributed by atoms with van der Waals surface area (Å²) in [6.45, 7) is 3.65. The molecule has 1 atom stereocenters. The molecule has 0 spiro atoms. The molecule has 1 saturated heterocycles. The zero-order chi connectivity index (χ0) is 22.5. The van der Waals surface area contributed by atoms with Gasteiger partial charge in [-0.05, 0) is 42.7 Å². The lowest BCUT2D eigenvalue weighted by Crippen LogP contribution is -2.38. The second kappa shape index (κ2) is 9.60. The van der Waals surface area contributed by atoms with E-state index in [1.807, 2.05) is 49.5 Å². The highest BCUT2D eigenvalue weighted by Gasteiger charge is 2.33. The Bertz CT molecular complexity index is 1100. The molecule has 1 aromatic carbocycles. The number of likely N-dealkylation sites (N-methyl/N-ethyl adjacent to an activating group) is 1. The predicted molar refractivity (Wildman–Crippen MR) is 121 cm³/mol. The normalized spacial score (nSPS) is 16.7. The van der Waals surface area contributed by atoms with Crippen molar-refractivity contribution in [3.63, 3.8) is 0 Å². The predicted octanol–water partition coefficient (Wildman–Crippen LogP) is 3.01. The molecule has 1 aliphatic heterocycles. The Morgan fingerprint density at radius 2 is 1.91 bits per heavy atom. The van der Waals surface area contributed by atoms with Crippen LogP contribution < -0.4 is 0 Å². The van der Waals surface area contributed by atoms with E-state index in [-0.39, 0.29) is 29.8 Å². The van der Waals surface area contributed by atoms with Crippen LogP contribution in [0.25, 0.3) is 11.1 Å². The van der Waals surface area contributed by atoms with E-state index < -0.39 is 5.92 Å². The molecule has 164 valence electrons. The van der Waals surface area contributed by atoms with Gasteiger partial charge in [-0.1, -0.05) is 30.3 Å². The second-order valence-electron chi connectivity index (χ2n) is 7.84. The SMILES string of the molecule is CCN1CCN(C(=O)c2ncccc2O)CC(Cc2ccccc2-c2cccnc2)C1=O. The zero-order valence-electron chi connectivity index (χ0n) is 18.0. The average Bonchev–Trinajstić information content (AvgIpc) is 2.98. The molecule has 2 amide bonds. The number of nitrogens with zero attached hydrogens (tertiary/aromatic N) is 4. The molecule has 4 rings (SSSR count). The van der Waals surface area contributed by atoms with Crippen LogP contribution in [-0.2, 0) is 11.2 Å². The van der Waals surface area contributed by atoms with E-state index in [1.165, 1.54) is 12.3 Å². The van der Waals surface area contributed by atoms with Crippen LogP contribution in [0.3, 0.4) is 0 Å². The summed E-state index contributed by atoms with van der Waals surface area (Å²) in [4.78, 5) is 38.1. The first-order valence-corrected chi connectivity index (χ1v) is 10.8. The Kier molecular flexibility index (Phi) is 6.44. The van der Waals surface area contributed by atoms with E-state index >= 15 is 0 Å². The van der Waals surface area contributed by atoms with Gasteiger partial charge >= 0.3 is 0 Å². The minimum absolute atomic E-state index is 0.0133. The van der Waals surface area contributed by atoms with Crippen LogP contribution in [0.4, 0.5) is 0 Å². The van der Waals surface area contributed by atoms with Gasteiger partial charge in [-0.25, -0.2) is 4.98 Å². The van der Waals surface area contributed by atoms with Crippen molar-refractivity contribution in [1.29, 1.82) is 0 Å². The summed E-state index contributed by atoms with van der Waals surface area (Å²) in [5.74, 6) is -0.877. The Hall–Kier alpha value is -3.74. The van der Waals surface area contributed by atoms with Crippen LogP contribution in [-0.4, -0.2) is 62.9 Å². The van der Waals surface area contributed by atoms with E-state index in [0.717, 1.165) is 16.7 Å². The topological polar surface area (TPSA) is 86.6 Å². The van der Waals surface area contributed by atoms with Crippen LogP contribution >= 0.6 is 0 Å². The summed E-state index contributed by atoms with van der Waals surface area (Å²) in [6, 6.07) is 14.9. The van der Waals surface area contributed by atoms with Crippen molar-refractivity contribution in [2.45, 2.75) is 13.3 Å². The van der Waals surface area contributed by atoms with Crippen LogP contribution in [0.1, 0.15) is 23.0 Å². The number of carbonyl (C=O) groups is 2. The van der Waals surface area contributed by atoms with Gasteiger partial charge in [0.05, 0.1) is 5.92 Å². The highest BCUT2D eigenvalue weighted by molar-refractivity contribution is 5.95. The Morgan fingerprint density at radius 3 is 2.66 bits per heavy atom. The fourth-order valence-electron chi connectivity index (χ4n) is 4.17. The maximum atomic E-state index is 13.3. The van der Waals surface area contributed by atoms with E-state index in [2.05, 4.69) is 9.97 Å². The number of benzene rings is 1. The summed E-state index contributed by atoms with van der Waals surface area (Å²) in [7, 11) is 0. The lowest BCUT2D eigenvalue weighted by Gasteiger charge is -2.24. The molecule has 0 bridgehead atoms. The molecule has 7 heteroatoms. The van der Waals surface area contributed by atoms with Gasteiger partial charge in [0.1, 0.15) is 5.75 Å². The molecule has 0 saturated carbocycles. The van der Waals surface area contributed by atoms with Crippen molar-refractivity contribution in [1.82, 2.24) is 19.8 Å². The molecule has 7 nitrogen and oxygen atoms in total. The smallest absolute Gasteiger partial charge is 0.276 e. The van der Waals surface area contributed by atoms with E-state index in [4.69, 9.17) is 0 Å². The minimum atomic E-state index is -0.398. The van der Waals surface area contributed by atoms with Crippen LogP contribution in [0, 0.1) is 5.92 Å². The molecule has 3 aromatic rings. The Morgan fingerprint density at radius 1 is 1.09 bits per heavy atom. The van der Waals surface area contributed by atoms with Gasteiger partial charge in [0.25, 0.3) is 5.91 Å². The van der Waals surface area contributed by atoms with Gasteiger partial charge in [-0.2, -0.15) is 0 Å². The van der Waals surface area contributed by atoms with Crippen LogP contribution in [0.5, 0.6) is 5.75 Å². The Balaban J connectivity index is 1.64. The number of amides is 2. The van der Waals surface area contributed by atoms with Crippen molar-refractivity contribution >= 4 is 11.8 Å². The highest BCUT2D eigenvalue weighted by atomic mass is 16.3.